The van der Waals surface area contributed by atoms with Gasteiger partial charge in [-0.25, -0.2) is 4.79 Å². The van der Waals surface area contributed by atoms with E-state index < -0.39 is 11.2 Å². The van der Waals surface area contributed by atoms with Crippen LogP contribution in [0.1, 0.15) is 48.7 Å². The number of anilines is 2. The number of aromatic amines is 1. The second kappa shape index (κ2) is 10.4. The Kier molecular flexibility index (Phi) is 7.33. The Bertz CT molecular complexity index is 1260. The van der Waals surface area contributed by atoms with Crippen LogP contribution in [0.3, 0.4) is 0 Å². The number of fused-ring (bicyclic) bond motifs is 1. The minimum atomic E-state index is -0.647. The van der Waals surface area contributed by atoms with E-state index in [1.807, 2.05) is 37.3 Å². The van der Waals surface area contributed by atoms with Crippen molar-refractivity contribution in [1.29, 1.82) is 0 Å². The minimum absolute atomic E-state index is 0.0262. The Balaban J connectivity index is 1.70. The lowest BCUT2D eigenvalue weighted by molar-refractivity contribution is -0.120. The zero-order chi connectivity index (χ0) is 24.2. The molecule has 1 amide bonds. The number of hydrogen-bond donors (Lipinski definition) is 2. The molecule has 0 aliphatic carbocycles. The van der Waals surface area contributed by atoms with E-state index in [9.17, 15) is 14.4 Å². The minimum Gasteiger partial charge on any atom is -0.383 e. The van der Waals surface area contributed by atoms with Gasteiger partial charge in [0, 0.05) is 24.0 Å². The molecule has 4 rings (SSSR count). The SMILES string of the molecule is CCCCn1c(N)c(N(Cc2ccccc2)C(=O)CN2CCc3sccc3[C@H]2C)c(=O)[nH]c1=O. The number of H-pyrrole nitrogens is 1. The van der Waals surface area contributed by atoms with E-state index in [0.717, 1.165) is 31.4 Å². The second-order valence-electron chi connectivity index (χ2n) is 8.66. The van der Waals surface area contributed by atoms with Crippen LogP contribution in [0.15, 0.2) is 51.4 Å². The molecule has 1 aliphatic heterocycles. The third-order valence-corrected chi connectivity index (χ3v) is 7.44. The summed E-state index contributed by atoms with van der Waals surface area (Å²) in [6.45, 7) is 5.59. The molecule has 0 radical (unpaired) electrons. The van der Waals surface area contributed by atoms with Gasteiger partial charge in [-0.1, -0.05) is 43.7 Å². The van der Waals surface area contributed by atoms with Crippen molar-refractivity contribution in [3.8, 4) is 0 Å². The van der Waals surface area contributed by atoms with Gasteiger partial charge >= 0.3 is 5.69 Å². The molecule has 1 aliphatic rings. The summed E-state index contributed by atoms with van der Waals surface area (Å²) >= 11 is 1.75. The topological polar surface area (TPSA) is 104 Å². The van der Waals surface area contributed by atoms with Gasteiger partial charge in [0.05, 0.1) is 13.1 Å². The summed E-state index contributed by atoms with van der Waals surface area (Å²) in [6.07, 6.45) is 2.49. The van der Waals surface area contributed by atoms with Crippen LogP contribution in [0, 0.1) is 0 Å². The Hall–Kier alpha value is -3.17. The zero-order valence-corrected chi connectivity index (χ0v) is 20.4. The molecule has 34 heavy (non-hydrogen) atoms. The van der Waals surface area contributed by atoms with Crippen LogP contribution in [-0.4, -0.2) is 33.4 Å². The first kappa shape index (κ1) is 24.0. The number of benzene rings is 1. The van der Waals surface area contributed by atoms with Gasteiger partial charge in [0.2, 0.25) is 5.91 Å². The number of amides is 1. The predicted molar refractivity (Wildman–Crippen MR) is 136 cm³/mol. The fraction of sp³-hybridized carbons (Fsp3) is 0.400. The highest BCUT2D eigenvalue weighted by molar-refractivity contribution is 7.10. The second-order valence-corrected chi connectivity index (χ2v) is 9.66. The summed E-state index contributed by atoms with van der Waals surface area (Å²) in [4.78, 5) is 46.4. The highest BCUT2D eigenvalue weighted by atomic mass is 32.1. The summed E-state index contributed by atoms with van der Waals surface area (Å²) in [5.74, 6) is -0.203. The fourth-order valence-corrected chi connectivity index (χ4v) is 5.43. The van der Waals surface area contributed by atoms with E-state index in [2.05, 4.69) is 28.3 Å². The van der Waals surface area contributed by atoms with Gasteiger partial charge in [0.25, 0.3) is 5.56 Å². The molecule has 8 nitrogen and oxygen atoms in total. The third kappa shape index (κ3) is 4.85. The first-order chi connectivity index (χ1) is 16.4. The maximum Gasteiger partial charge on any atom is 0.330 e. The molecule has 0 unspecified atom stereocenters. The molecule has 1 aromatic carbocycles. The summed E-state index contributed by atoms with van der Waals surface area (Å²) in [7, 11) is 0. The Labute approximate surface area is 202 Å². The number of unbranched alkanes of at least 4 members (excludes halogenated alkanes) is 1. The maximum atomic E-state index is 13.7. The van der Waals surface area contributed by atoms with Crippen molar-refractivity contribution >= 4 is 28.7 Å². The number of nitrogen functional groups attached to an aromatic ring is 1. The number of hydrogen-bond acceptors (Lipinski definition) is 6. The van der Waals surface area contributed by atoms with Crippen molar-refractivity contribution in [2.75, 3.05) is 23.7 Å². The Morgan fingerprint density at radius 3 is 2.74 bits per heavy atom. The highest BCUT2D eigenvalue weighted by Crippen LogP contribution is 2.33. The van der Waals surface area contributed by atoms with Crippen molar-refractivity contribution in [1.82, 2.24) is 14.5 Å². The number of carbonyl (C=O) groups excluding carboxylic acids is 1. The summed E-state index contributed by atoms with van der Waals surface area (Å²) < 4.78 is 1.35. The largest absolute Gasteiger partial charge is 0.383 e. The van der Waals surface area contributed by atoms with Gasteiger partial charge in [-0.05, 0) is 42.3 Å². The molecule has 2 aromatic heterocycles. The third-order valence-electron chi connectivity index (χ3n) is 6.45. The van der Waals surface area contributed by atoms with Crippen LogP contribution in [0.25, 0.3) is 0 Å². The molecule has 1 atom stereocenters. The lowest BCUT2D eigenvalue weighted by Gasteiger charge is -2.34. The number of nitrogens with two attached hydrogens (primary N) is 1. The quantitative estimate of drug-likeness (QED) is 0.514. The van der Waals surface area contributed by atoms with Crippen molar-refractivity contribution in [3.05, 3.63) is 78.6 Å². The van der Waals surface area contributed by atoms with E-state index in [-0.39, 0.29) is 36.5 Å². The molecule has 0 saturated carbocycles. The van der Waals surface area contributed by atoms with E-state index in [1.165, 1.54) is 19.9 Å². The first-order valence-corrected chi connectivity index (χ1v) is 12.6. The van der Waals surface area contributed by atoms with Crippen LogP contribution >= 0.6 is 11.3 Å². The summed E-state index contributed by atoms with van der Waals surface area (Å²) in [6, 6.07) is 11.7. The van der Waals surface area contributed by atoms with E-state index in [0.29, 0.717) is 6.54 Å². The van der Waals surface area contributed by atoms with Crippen LogP contribution in [0.4, 0.5) is 11.5 Å². The molecule has 0 fully saturated rings. The molecule has 3 heterocycles. The summed E-state index contributed by atoms with van der Waals surface area (Å²) in [5, 5.41) is 2.09. The van der Waals surface area contributed by atoms with Gasteiger partial charge in [-0.2, -0.15) is 0 Å². The lowest BCUT2D eigenvalue weighted by Crippen LogP contribution is -2.46. The highest BCUT2D eigenvalue weighted by Gasteiger charge is 2.30. The van der Waals surface area contributed by atoms with Crippen molar-refractivity contribution < 1.29 is 4.79 Å². The predicted octanol–water partition coefficient (Wildman–Crippen LogP) is 3.13. The molecule has 3 aromatic rings. The van der Waals surface area contributed by atoms with Gasteiger partial charge in [0.1, 0.15) is 5.82 Å². The molecular weight excluding hydrogens is 450 g/mol. The van der Waals surface area contributed by atoms with Gasteiger partial charge < -0.3 is 5.73 Å². The number of nitrogens with zero attached hydrogens (tertiary/aromatic N) is 3. The number of thiophene rings is 1. The molecule has 180 valence electrons. The zero-order valence-electron chi connectivity index (χ0n) is 19.6. The molecular formula is C25H31N5O3S. The molecule has 0 spiro atoms. The van der Waals surface area contributed by atoms with Gasteiger partial charge in [-0.3, -0.25) is 28.9 Å². The normalized spacial score (nSPS) is 15.8. The molecule has 3 N–H and O–H groups in total. The van der Waals surface area contributed by atoms with Crippen LogP contribution in [0.2, 0.25) is 0 Å². The van der Waals surface area contributed by atoms with Crippen molar-refractivity contribution in [3.63, 3.8) is 0 Å². The van der Waals surface area contributed by atoms with E-state index in [1.54, 1.807) is 11.3 Å². The van der Waals surface area contributed by atoms with E-state index >= 15 is 0 Å². The standard InChI is InChI=1S/C25H31N5O3S/c1-3-4-12-29-23(26)22(24(32)27-25(29)33)30(15-18-8-6-5-7-9-18)21(31)16-28-13-10-20-19(17(28)2)11-14-34-20/h5-9,11,14,17H,3-4,10,12-13,15-16,26H2,1-2H3,(H,27,32,33)/t17-/m1/s1. The van der Waals surface area contributed by atoms with Gasteiger partial charge in [0.15, 0.2) is 5.69 Å². The Morgan fingerprint density at radius 2 is 2.00 bits per heavy atom. The number of nitrogens with one attached hydrogen (secondary N) is 1. The van der Waals surface area contributed by atoms with Crippen molar-refractivity contribution in [2.24, 2.45) is 0 Å². The molecule has 0 saturated heterocycles. The molecule has 9 heteroatoms. The van der Waals surface area contributed by atoms with E-state index in [4.69, 9.17) is 5.73 Å². The average molecular weight is 482 g/mol. The fourth-order valence-electron chi connectivity index (χ4n) is 4.47. The maximum absolute atomic E-state index is 13.7. The lowest BCUT2D eigenvalue weighted by atomic mass is 10.0. The number of rotatable bonds is 8. The summed E-state index contributed by atoms with van der Waals surface area (Å²) in [5.41, 5.74) is 7.32. The number of aromatic nitrogens is 2. The Morgan fingerprint density at radius 1 is 1.24 bits per heavy atom. The van der Waals surface area contributed by atoms with Crippen LogP contribution in [0.5, 0.6) is 0 Å². The molecule has 0 bridgehead atoms. The number of carbonyl (C=O) groups is 1. The average Bonchev–Trinajstić information content (AvgIpc) is 3.30. The smallest absolute Gasteiger partial charge is 0.330 e. The van der Waals surface area contributed by atoms with Crippen LogP contribution < -0.4 is 21.9 Å². The monoisotopic (exact) mass is 481 g/mol. The van der Waals surface area contributed by atoms with Crippen LogP contribution in [-0.2, 0) is 24.3 Å². The first-order valence-electron chi connectivity index (χ1n) is 11.7. The van der Waals surface area contributed by atoms with Crippen molar-refractivity contribution in [2.45, 2.75) is 52.2 Å². The van der Waals surface area contributed by atoms with Gasteiger partial charge in [-0.15, -0.1) is 11.3 Å².